The molecule has 0 radical (unpaired) electrons. The number of nitrogen functional groups attached to an aromatic ring is 1. The highest BCUT2D eigenvalue weighted by atomic mass is 15.4. The van der Waals surface area contributed by atoms with E-state index in [9.17, 15) is 0 Å². The molecule has 0 bridgehead atoms. The number of hydrogen-bond donors (Lipinski definition) is 1. The molecule has 0 amide bonds. The maximum atomic E-state index is 6.20. The Morgan fingerprint density at radius 3 is 2.85 bits per heavy atom. The molecule has 3 rings (SSSR count). The summed E-state index contributed by atoms with van der Waals surface area (Å²) in [6, 6.07) is 0.411. The summed E-state index contributed by atoms with van der Waals surface area (Å²) >= 11 is 0. The first-order chi connectivity index (χ1) is 9.65. The molecule has 1 saturated heterocycles. The van der Waals surface area contributed by atoms with Crippen molar-refractivity contribution in [3.8, 4) is 0 Å². The van der Waals surface area contributed by atoms with E-state index in [0.717, 1.165) is 36.4 Å². The minimum atomic E-state index is 0.411. The number of likely N-dealkylation sites (tertiary alicyclic amines) is 1. The fourth-order valence-electron chi connectivity index (χ4n) is 3.35. The molecule has 1 aliphatic heterocycles. The molecule has 2 N–H and O–H groups in total. The van der Waals surface area contributed by atoms with Crippen molar-refractivity contribution in [2.45, 2.75) is 39.2 Å². The summed E-state index contributed by atoms with van der Waals surface area (Å²) in [5.41, 5.74) is 9.28. The van der Waals surface area contributed by atoms with Gasteiger partial charge in [-0.2, -0.15) is 5.10 Å². The molecule has 3 heterocycles. The molecule has 2 aromatic rings. The lowest BCUT2D eigenvalue weighted by molar-refractivity contribution is 0.188. The summed E-state index contributed by atoms with van der Waals surface area (Å²) in [6.07, 6.45) is 3.27. The zero-order valence-corrected chi connectivity index (χ0v) is 12.6. The first kappa shape index (κ1) is 13.4. The molecule has 0 spiro atoms. The van der Waals surface area contributed by atoms with Crippen LogP contribution in [0.25, 0.3) is 11.2 Å². The van der Waals surface area contributed by atoms with Gasteiger partial charge in [-0.25, -0.2) is 4.98 Å². The number of hydrogen-bond acceptors (Lipinski definition) is 4. The van der Waals surface area contributed by atoms with Gasteiger partial charge in [0, 0.05) is 13.6 Å². The van der Waals surface area contributed by atoms with Crippen molar-refractivity contribution in [2.24, 2.45) is 7.05 Å². The summed E-state index contributed by atoms with van der Waals surface area (Å²) in [6.45, 7) is 7.67. The smallest absolute Gasteiger partial charge is 0.202 e. The molecule has 0 aliphatic carbocycles. The molecule has 0 aromatic carbocycles. The van der Waals surface area contributed by atoms with Crippen LogP contribution in [0.5, 0.6) is 0 Å². The summed E-state index contributed by atoms with van der Waals surface area (Å²) < 4.78 is 4.13. The number of imidazole rings is 1. The van der Waals surface area contributed by atoms with Gasteiger partial charge in [-0.1, -0.05) is 13.8 Å². The summed E-state index contributed by atoms with van der Waals surface area (Å²) in [5.74, 6) is 0.630. The van der Waals surface area contributed by atoms with E-state index >= 15 is 0 Å². The topological polar surface area (TPSA) is 64.9 Å². The molecule has 110 valence electrons. The Bertz CT molecular complexity index is 611. The van der Waals surface area contributed by atoms with Gasteiger partial charge in [-0.3, -0.25) is 9.25 Å². The standard InChI is InChI=1S/C14H24N6/c1-4-11-12-13(18(3)17-11)20(14(15)16-12)10-7-6-8-19(5-2)9-10/h10H,4-9H2,1-3H3,(H2,15,16). The lowest BCUT2D eigenvalue weighted by atomic mass is 10.1. The number of aromatic nitrogens is 4. The molecule has 20 heavy (non-hydrogen) atoms. The van der Waals surface area contributed by atoms with Gasteiger partial charge >= 0.3 is 0 Å². The highest BCUT2D eigenvalue weighted by molar-refractivity contribution is 5.78. The van der Waals surface area contributed by atoms with Crippen LogP contribution in [-0.4, -0.2) is 43.9 Å². The molecule has 1 fully saturated rings. The normalized spacial score (nSPS) is 20.9. The van der Waals surface area contributed by atoms with Crippen molar-refractivity contribution in [1.82, 2.24) is 24.2 Å². The number of nitrogens with zero attached hydrogens (tertiary/aromatic N) is 5. The zero-order chi connectivity index (χ0) is 14.3. The van der Waals surface area contributed by atoms with Crippen molar-refractivity contribution >= 4 is 17.1 Å². The number of anilines is 1. The van der Waals surface area contributed by atoms with Gasteiger partial charge in [-0.15, -0.1) is 0 Å². The van der Waals surface area contributed by atoms with E-state index < -0.39 is 0 Å². The fourth-order valence-corrected chi connectivity index (χ4v) is 3.35. The van der Waals surface area contributed by atoms with E-state index in [2.05, 4.69) is 33.4 Å². The number of aryl methyl sites for hydroxylation is 2. The largest absolute Gasteiger partial charge is 0.369 e. The van der Waals surface area contributed by atoms with Crippen molar-refractivity contribution in [3.05, 3.63) is 5.69 Å². The van der Waals surface area contributed by atoms with Crippen LogP contribution >= 0.6 is 0 Å². The van der Waals surface area contributed by atoms with Crippen molar-refractivity contribution < 1.29 is 0 Å². The lowest BCUT2D eigenvalue weighted by Crippen LogP contribution is -2.36. The van der Waals surface area contributed by atoms with Gasteiger partial charge in [0.15, 0.2) is 5.65 Å². The van der Waals surface area contributed by atoms with E-state index in [-0.39, 0.29) is 0 Å². The maximum absolute atomic E-state index is 6.20. The Balaban J connectivity index is 2.06. The molecule has 1 unspecified atom stereocenters. The molecule has 0 saturated carbocycles. The van der Waals surface area contributed by atoms with Crippen LogP contribution in [0.1, 0.15) is 38.4 Å². The first-order valence-corrected chi connectivity index (χ1v) is 7.57. The summed E-state index contributed by atoms with van der Waals surface area (Å²) in [4.78, 5) is 7.05. The number of likely N-dealkylation sites (N-methyl/N-ethyl adjacent to an activating group) is 1. The molecular weight excluding hydrogens is 252 g/mol. The fraction of sp³-hybridized carbons (Fsp3) is 0.714. The van der Waals surface area contributed by atoms with E-state index in [1.807, 2.05) is 11.7 Å². The average Bonchev–Trinajstić information content (AvgIpc) is 2.95. The Labute approximate surface area is 119 Å². The van der Waals surface area contributed by atoms with Gasteiger partial charge in [0.25, 0.3) is 0 Å². The number of piperidine rings is 1. The predicted octanol–water partition coefficient (Wildman–Crippen LogP) is 1.57. The summed E-state index contributed by atoms with van der Waals surface area (Å²) in [5, 5.41) is 4.57. The average molecular weight is 276 g/mol. The van der Waals surface area contributed by atoms with Crippen LogP contribution in [0.4, 0.5) is 5.95 Å². The number of rotatable bonds is 3. The second-order valence-corrected chi connectivity index (χ2v) is 5.63. The predicted molar refractivity (Wildman–Crippen MR) is 80.7 cm³/mol. The van der Waals surface area contributed by atoms with Crippen LogP contribution < -0.4 is 5.73 Å². The van der Waals surface area contributed by atoms with E-state index in [4.69, 9.17) is 5.73 Å². The molecule has 2 aromatic heterocycles. The Hall–Kier alpha value is -1.56. The van der Waals surface area contributed by atoms with Gasteiger partial charge in [0.1, 0.15) is 5.52 Å². The third-order valence-electron chi connectivity index (χ3n) is 4.39. The number of fused-ring (bicyclic) bond motifs is 1. The highest BCUT2D eigenvalue weighted by Gasteiger charge is 2.26. The van der Waals surface area contributed by atoms with Gasteiger partial charge < -0.3 is 10.6 Å². The lowest BCUT2D eigenvalue weighted by Gasteiger charge is -2.33. The van der Waals surface area contributed by atoms with Gasteiger partial charge in [0.05, 0.1) is 11.7 Å². The van der Waals surface area contributed by atoms with Gasteiger partial charge in [-0.05, 0) is 32.4 Å². The second-order valence-electron chi connectivity index (χ2n) is 5.63. The van der Waals surface area contributed by atoms with E-state index in [1.165, 1.54) is 19.4 Å². The minimum absolute atomic E-state index is 0.411. The van der Waals surface area contributed by atoms with Crippen LogP contribution in [0.15, 0.2) is 0 Å². The second kappa shape index (κ2) is 5.09. The monoisotopic (exact) mass is 276 g/mol. The zero-order valence-electron chi connectivity index (χ0n) is 12.6. The van der Waals surface area contributed by atoms with Crippen LogP contribution in [0.2, 0.25) is 0 Å². The van der Waals surface area contributed by atoms with E-state index in [0.29, 0.717) is 12.0 Å². The van der Waals surface area contributed by atoms with Crippen LogP contribution in [0, 0.1) is 0 Å². The Kier molecular flexibility index (Phi) is 3.41. The van der Waals surface area contributed by atoms with Crippen molar-refractivity contribution in [3.63, 3.8) is 0 Å². The SMILES string of the molecule is CCc1nn(C)c2c1nc(N)n2C1CCCN(CC)C1. The molecule has 1 aliphatic rings. The van der Waals surface area contributed by atoms with Crippen LogP contribution in [-0.2, 0) is 13.5 Å². The summed E-state index contributed by atoms with van der Waals surface area (Å²) in [7, 11) is 1.99. The van der Waals surface area contributed by atoms with Crippen molar-refractivity contribution in [2.75, 3.05) is 25.4 Å². The third kappa shape index (κ3) is 1.98. The minimum Gasteiger partial charge on any atom is -0.369 e. The highest BCUT2D eigenvalue weighted by Crippen LogP contribution is 2.30. The van der Waals surface area contributed by atoms with Crippen molar-refractivity contribution in [1.29, 1.82) is 0 Å². The first-order valence-electron chi connectivity index (χ1n) is 7.57. The quantitative estimate of drug-likeness (QED) is 0.924. The molecule has 6 nitrogen and oxygen atoms in total. The third-order valence-corrected chi connectivity index (χ3v) is 4.39. The Morgan fingerprint density at radius 2 is 2.15 bits per heavy atom. The number of nitrogens with two attached hydrogens (primary N) is 1. The molecular formula is C14H24N6. The van der Waals surface area contributed by atoms with Crippen LogP contribution in [0.3, 0.4) is 0 Å². The molecule has 6 heteroatoms. The Morgan fingerprint density at radius 1 is 1.35 bits per heavy atom. The van der Waals surface area contributed by atoms with E-state index in [1.54, 1.807) is 0 Å². The molecule has 1 atom stereocenters. The maximum Gasteiger partial charge on any atom is 0.202 e. The van der Waals surface area contributed by atoms with Gasteiger partial charge in [0.2, 0.25) is 5.95 Å².